The maximum absolute atomic E-state index is 5.79. The molecule has 0 bridgehead atoms. The molecule has 0 atom stereocenters. The van der Waals surface area contributed by atoms with Gasteiger partial charge < -0.3 is 10.3 Å². The van der Waals surface area contributed by atoms with E-state index in [9.17, 15) is 0 Å². The molecule has 3 aromatic rings. The fraction of sp³-hybridized carbons (Fsp3) is 0.0833. The molecule has 2 N–H and O–H groups in total. The van der Waals surface area contributed by atoms with Crippen molar-refractivity contribution in [3.05, 3.63) is 36.7 Å². The molecule has 0 saturated carbocycles. The van der Waals surface area contributed by atoms with Crippen LogP contribution < -0.4 is 5.73 Å². The van der Waals surface area contributed by atoms with E-state index in [4.69, 9.17) is 5.73 Å². The van der Waals surface area contributed by atoms with Crippen LogP contribution in [0, 0.1) is 0 Å². The van der Waals surface area contributed by atoms with Crippen molar-refractivity contribution < 1.29 is 0 Å². The summed E-state index contributed by atoms with van der Waals surface area (Å²) in [4.78, 5) is 4.15. The summed E-state index contributed by atoms with van der Waals surface area (Å²) in [6.07, 6.45) is 3.71. The number of nitrogens with zero attached hydrogens (tertiary/aromatic N) is 2. The van der Waals surface area contributed by atoms with Crippen LogP contribution in [0.5, 0.6) is 0 Å². The lowest BCUT2D eigenvalue weighted by molar-refractivity contribution is 1.01. The lowest BCUT2D eigenvalue weighted by Crippen LogP contribution is -1.88. The lowest BCUT2D eigenvalue weighted by atomic mass is 10.2. The van der Waals surface area contributed by atoms with Crippen LogP contribution in [0.25, 0.3) is 21.8 Å². The Morgan fingerprint density at radius 2 is 1.94 bits per heavy atom. The molecule has 4 heteroatoms. The van der Waals surface area contributed by atoms with E-state index in [1.54, 1.807) is 0 Å². The van der Waals surface area contributed by atoms with Gasteiger partial charge in [-0.1, -0.05) is 6.07 Å². The van der Waals surface area contributed by atoms with E-state index in [2.05, 4.69) is 15.6 Å². The Bertz CT molecular complexity index is 658. The molecule has 0 aliphatic heterocycles. The highest BCUT2D eigenvalue weighted by atomic mass is 14.9. The molecule has 3 nitrogen and oxygen atoms in total. The Labute approximate surface area is 95.5 Å². The number of nitrogens with two attached hydrogens (primary N) is 1. The van der Waals surface area contributed by atoms with E-state index in [0.717, 1.165) is 11.2 Å². The molecule has 16 heavy (non-hydrogen) atoms. The number of benzene rings is 1. The Kier molecular flexibility index (Phi) is 2.35. The highest BCUT2D eigenvalue weighted by Crippen LogP contribution is 2.28. The molecule has 0 unspecified atom stereocenters. The van der Waals surface area contributed by atoms with Crippen molar-refractivity contribution in [1.82, 2.24) is 9.55 Å². The maximum atomic E-state index is 5.79. The van der Waals surface area contributed by atoms with Crippen molar-refractivity contribution >= 4 is 35.9 Å². The summed E-state index contributed by atoms with van der Waals surface area (Å²) in [5.74, 6) is 0. The second kappa shape index (κ2) is 3.56. The number of aryl methyl sites for hydroxylation is 1. The maximum Gasteiger partial charge on any atom is 0.0519 e. The zero-order valence-electron chi connectivity index (χ0n) is 9.01. The number of anilines is 1. The van der Waals surface area contributed by atoms with Crippen LogP contribution in [0.1, 0.15) is 0 Å². The molecule has 0 aliphatic carbocycles. The minimum absolute atomic E-state index is 0. The van der Waals surface area contributed by atoms with Crippen molar-refractivity contribution in [3.8, 4) is 0 Å². The molecule has 2 heterocycles. The van der Waals surface area contributed by atoms with Gasteiger partial charge in [-0.2, -0.15) is 0 Å². The molecule has 0 amide bonds. The predicted molar refractivity (Wildman–Crippen MR) is 68.4 cm³/mol. The van der Waals surface area contributed by atoms with Crippen molar-refractivity contribution in [2.24, 2.45) is 7.05 Å². The average molecular weight is 208 g/mol. The Morgan fingerprint density at radius 3 is 2.75 bits per heavy atom. The minimum Gasteiger partial charge on any atom is -0.399 e. The highest BCUT2D eigenvalue weighted by molar-refractivity contribution is 6.08. The van der Waals surface area contributed by atoms with Crippen LogP contribution in [-0.4, -0.2) is 18.0 Å². The van der Waals surface area contributed by atoms with Gasteiger partial charge in [-0.15, -0.1) is 0 Å². The van der Waals surface area contributed by atoms with Crippen LogP contribution in [0.3, 0.4) is 0 Å². The zero-order chi connectivity index (χ0) is 10.4. The second-order valence-electron chi connectivity index (χ2n) is 3.73. The number of hydrogen-bond acceptors (Lipinski definition) is 2. The second-order valence-corrected chi connectivity index (χ2v) is 3.73. The number of hydrogen-bond donors (Lipinski definition) is 1. The lowest BCUT2D eigenvalue weighted by Gasteiger charge is -1.97. The smallest absolute Gasteiger partial charge is 0.0519 e. The molecule has 2 aromatic heterocycles. The van der Waals surface area contributed by atoms with Gasteiger partial charge in [0.15, 0.2) is 0 Å². The van der Waals surface area contributed by atoms with Gasteiger partial charge >= 0.3 is 0 Å². The molecular weight excluding hydrogens is 197 g/mol. The highest BCUT2D eigenvalue weighted by Gasteiger charge is 2.07. The first kappa shape index (κ1) is 10.5. The molecule has 3 radical (unpaired) electrons. The van der Waals surface area contributed by atoms with E-state index in [1.165, 1.54) is 16.3 Å². The van der Waals surface area contributed by atoms with E-state index in [0.29, 0.717) is 0 Å². The summed E-state index contributed by atoms with van der Waals surface area (Å²) in [5, 5.41) is 2.38. The molecule has 0 saturated heterocycles. The minimum atomic E-state index is 0. The summed E-state index contributed by atoms with van der Waals surface area (Å²) < 4.78 is 2.14. The summed E-state index contributed by atoms with van der Waals surface area (Å²) >= 11 is 0. The zero-order valence-corrected chi connectivity index (χ0v) is 9.01. The number of nitrogen functional groups attached to an aromatic ring is 1. The van der Waals surface area contributed by atoms with Crippen LogP contribution in [0.15, 0.2) is 36.7 Å². The predicted octanol–water partition coefficient (Wildman–Crippen LogP) is 1.93. The normalized spacial score (nSPS) is 10.6. The molecule has 0 aliphatic rings. The number of aromatic nitrogens is 2. The Hall–Kier alpha value is -1.97. The molecular formula is C12H11BN3. The third-order valence-electron chi connectivity index (χ3n) is 2.83. The van der Waals surface area contributed by atoms with Gasteiger partial charge in [0.05, 0.1) is 11.0 Å². The molecule has 0 spiro atoms. The Balaban J connectivity index is 0.000000963. The fourth-order valence-electron chi connectivity index (χ4n) is 2.07. The van der Waals surface area contributed by atoms with Crippen molar-refractivity contribution in [2.75, 3.05) is 5.73 Å². The standard InChI is InChI=1S/C12H11N3.B/c1-15-11-4-5-14-7-10(11)9-3-2-8(13)6-12(9)15;/h2-7H,13H2,1H3;. The summed E-state index contributed by atoms with van der Waals surface area (Å²) in [6, 6.07) is 7.99. The van der Waals surface area contributed by atoms with Gasteiger partial charge in [0.2, 0.25) is 0 Å². The summed E-state index contributed by atoms with van der Waals surface area (Å²) in [6.45, 7) is 0. The Morgan fingerprint density at radius 1 is 1.12 bits per heavy atom. The number of rotatable bonds is 0. The third kappa shape index (κ3) is 1.27. The summed E-state index contributed by atoms with van der Waals surface area (Å²) in [5.41, 5.74) is 8.92. The quantitative estimate of drug-likeness (QED) is 0.453. The largest absolute Gasteiger partial charge is 0.399 e. The molecule has 3 rings (SSSR count). The first-order valence-corrected chi connectivity index (χ1v) is 4.85. The van der Waals surface area contributed by atoms with Crippen LogP contribution in [-0.2, 0) is 7.05 Å². The number of fused-ring (bicyclic) bond motifs is 3. The van der Waals surface area contributed by atoms with E-state index in [-0.39, 0.29) is 8.41 Å². The van der Waals surface area contributed by atoms with Gasteiger partial charge in [-0.25, -0.2) is 0 Å². The van der Waals surface area contributed by atoms with Crippen LogP contribution in [0.4, 0.5) is 5.69 Å². The fourth-order valence-corrected chi connectivity index (χ4v) is 2.07. The van der Waals surface area contributed by atoms with Crippen molar-refractivity contribution in [1.29, 1.82) is 0 Å². The molecule has 77 valence electrons. The van der Waals surface area contributed by atoms with Gasteiger partial charge in [-0.05, 0) is 18.2 Å². The average Bonchev–Trinajstić information content (AvgIpc) is 2.54. The summed E-state index contributed by atoms with van der Waals surface area (Å²) in [7, 11) is 2.05. The van der Waals surface area contributed by atoms with Crippen molar-refractivity contribution in [2.45, 2.75) is 0 Å². The van der Waals surface area contributed by atoms with Gasteiger partial charge in [0.1, 0.15) is 0 Å². The van der Waals surface area contributed by atoms with Gasteiger partial charge in [0.25, 0.3) is 0 Å². The van der Waals surface area contributed by atoms with Crippen LogP contribution >= 0.6 is 0 Å². The topological polar surface area (TPSA) is 43.8 Å². The molecule has 1 aromatic carbocycles. The molecule has 0 fully saturated rings. The first-order valence-electron chi connectivity index (χ1n) is 4.85. The first-order chi connectivity index (χ1) is 7.27. The van der Waals surface area contributed by atoms with Crippen molar-refractivity contribution in [3.63, 3.8) is 0 Å². The SMILES string of the molecule is Cn1c2ccncc2c2ccc(N)cc21.[B]. The van der Waals surface area contributed by atoms with Gasteiger partial charge in [-0.3, -0.25) is 4.98 Å². The van der Waals surface area contributed by atoms with E-state index >= 15 is 0 Å². The monoisotopic (exact) mass is 208 g/mol. The van der Waals surface area contributed by atoms with Gasteiger partial charge in [0, 0.05) is 44.3 Å². The number of pyridine rings is 1. The van der Waals surface area contributed by atoms with E-state index in [1.807, 2.05) is 37.6 Å². The third-order valence-corrected chi connectivity index (χ3v) is 2.83. The van der Waals surface area contributed by atoms with Crippen LogP contribution in [0.2, 0.25) is 0 Å². The van der Waals surface area contributed by atoms with E-state index < -0.39 is 0 Å².